The molecule has 0 aromatic heterocycles. The molecule has 1 N–H and O–H groups in total. The van der Waals surface area contributed by atoms with Crippen LogP contribution in [-0.2, 0) is 0 Å². The van der Waals surface area contributed by atoms with Crippen molar-refractivity contribution < 1.29 is 0 Å². The molecule has 3 fully saturated rings. The molecule has 0 amide bonds. The van der Waals surface area contributed by atoms with E-state index in [1.807, 2.05) is 0 Å². The molecule has 3 aliphatic rings. The quantitative estimate of drug-likeness (QED) is 0.730. The fraction of sp³-hybridized carbons (Fsp3) is 1.00. The Bertz CT molecular complexity index is 209. The van der Waals surface area contributed by atoms with Gasteiger partial charge in [0.2, 0.25) is 0 Å². The Balaban J connectivity index is 2.07. The molecule has 3 aliphatic carbocycles. The van der Waals surface area contributed by atoms with E-state index in [1.165, 1.54) is 25.7 Å². The first kappa shape index (κ1) is 10.5. The Kier molecular flexibility index (Phi) is 2.63. The molecule has 4 atom stereocenters. The molecule has 82 valence electrons. The maximum Gasteiger partial charge on any atom is 0.0126 e. The molecule has 4 unspecified atom stereocenters. The van der Waals surface area contributed by atoms with Crippen LogP contribution in [0.2, 0.25) is 0 Å². The average Bonchev–Trinajstić information content (AvgIpc) is 2.17. The molecule has 0 aromatic carbocycles. The minimum absolute atomic E-state index is 0.623. The van der Waals surface area contributed by atoms with Crippen molar-refractivity contribution in [2.45, 2.75) is 52.5 Å². The monoisotopic (exact) mass is 195 g/mol. The molecule has 0 saturated heterocycles. The molecule has 2 bridgehead atoms. The zero-order valence-corrected chi connectivity index (χ0v) is 10.1. The number of hydrogen-bond acceptors (Lipinski definition) is 1. The lowest BCUT2D eigenvalue weighted by Gasteiger charge is -2.62. The summed E-state index contributed by atoms with van der Waals surface area (Å²) >= 11 is 0. The van der Waals surface area contributed by atoms with Gasteiger partial charge in [0.1, 0.15) is 0 Å². The normalized spacial score (nSPS) is 44.6. The van der Waals surface area contributed by atoms with Crippen molar-refractivity contribution in [1.82, 2.24) is 5.32 Å². The third kappa shape index (κ3) is 1.32. The van der Waals surface area contributed by atoms with Gasteiger partial charge in [-0.3, -0.25) is 0 Å². The predicted molar refractivity (Wildman–Crippen MR) is 61.2 cm³/mol. The molecule has 3 saturated carbocycles. The molecule has 0 heterocycles. The van der Waals surface area contributed by atoms with Crippen LogP contribution in [0.25, 0.3) is 0 Å². The van der Waals surface area contributed by atoms with Crippen LogP contribution in [0.1, 0.15) is 46.5 Å². The van der Waals surface area contributed by atoms with E-state index in [4.69, 9.17) is 0 Å². The fourth-order valence-corrected chi connectivity index (χ4v) is 4.01. The van der Waals surface area contributed by atoms with Gasteiger partial charge < -0.3 is 5.32 Å². The second-order valence-corrected chi connectivity index (χ2v) is 5.96. The molecular weight excluding hydrogens is 170 g/mol. The zero-order chi connectivity index (χ0) is 10.3. The van der Waals surface area contributed by atoms with Gasteiger partial charge in [-0.05, 0) is 49.5 Å². The Morgan fingerprint density at radius 3 is 2.50 bits per heavy atom. The minimum atomic E-state index is 0.623. The molecule has 0 aromatic rings. The summed E-state index contributed by atoms with van der Waals surface area (Å²) in [5, 5.41) is 3.58. The minimum Gasteiger partial charge on any atom is -0.316 e. The predicted octanol–water partition coefficient (Wildman–Crippen LogP) is 3.06. The van der Waals surface area contributed by atoms with Gasteiger partial charge in [-0.2, -0.15) is 0 Å². The number of hydrogen-bond donors (Lipinski definition) is 1. The Labute approximate surface area is 88.7 Å². The van der Waals surface area contributed by atoms with Crippen LogP contribution in [0.5, 0.6) is 0 Å². The van der Waals surface area contributed by atoms with Crippen LogP contribution >= 0.6 is 0 Å². The van der Waals surface area contributed by atoms with Crippen LogP contribution in [0.3, 0.4) is 0 Å². The molecular formula is C13H25N. The fourth-order valence-electron chi connectivity index (χ4n) is 4.01. The van der Waals surface area contributed by atoms with Gasteiger partial charge in [0, 0.05) is 6.04 Å². The highest BCUT2D eigenvalue weighted by atomic mass is 14.9. The first-order valence-corrected chi connectivity index (χ1v) is 6.28. The van der Waals surface area contributed by atoms with Crippen LogP contribution in [0.4, 0.5) is 0 Å². The molecule has 0 spiro atoms. The summed E-state index contributed by atoms with van der Waals surface area (Å²) in [5.41, 5.74) is 0.623. The van der Waals surface area contributed by atoms with Gasteiger partial charge >= 0.3 is 0 Å². The van der Waals surface area contributed by atoms with Crippen molar-refractivity contribution in [2.75, 3.05) is 7.05 Å². The lowest BCUT2D eigenvalue weighted by molar-refractivity contribution is -0.114. The van der Waals surface area contributed by atoms with Crippen LogP contribution in [0, 0.1) is 23.2 Å². The van der Waals surface area contributed by atoms with Crippen molar-refractivity contribution in [2.24, 2.45) is 23.2 Å². The molecule has 1 nitrogen and oxygen atoms in total. The second kappa shape index (κ2) is 3.52. The number of nitrogens with one attached hydrogen (secondary N) is 1. The highest BCUT2D eigenvalue weighted by molar-refractivity contribution is 5.08. The Morgan fingerprint density at radius 1 is 1.29 bits per heavy atom. The van der Waals surface area contributed by atoms with E-state index >= 15 is 0 Å². The van der Waals surface area contributed by atoms with Gasteiger partial charge in [0.25, 0.3) is 0 Å². The second-order valence-electron chi connectivity index (χ2n) is 5.96. The summed E-state index contributed by atoms with van der Waals surface area (Å²) in [6.45, 7) is 7.26. The topological polar surface area (TPSA) is 12.0 Å². The molecule has 0 radical (unpaired) electrons. The van der Waals surface area contributed by atoms with E-state index in [1.54, 1.807) is 0 Å². The van der Waals surface area contributed by atoms with Gasteiger partial charge in [-0.1, -0.05) is 27.2 Å². The lowest BCUT2D eigenvalue weighted by Crippen LogP contribution is -2.61. The van der Waals surface area contributed by atoms with Gasteiger partial charge in [-0.25, -0.2) is 0 Å². The molecule has 14 heavy (non-hydrogen) atoms. The number of rotatable bonds is 3. The highest BCUT2D eigenvalue weighted by Crippen LogP contribution is 2.61. The molecule has 1 heteroatoms. The summed E-state index contributed by atoms with van der Waals surface area (Å²) in [6.07, 6.45) is 5.73. The highest BCUT2D eigenvalue weighted by Gasteiger charge is 2.56. The number of fused-ring (bicyclic) bond motifs is 2. The van der Waals surface area contributed by atoms with Crippen molar-refractivity contribution in [1.29, 1.82) is 0 Å². The third-order valence-electron chi connectivity index (χ3n) is 5.07. The summed E-state index contributed by atoms with van der Waals surface area (Å²) in [4.78, 5) is 0. The maximum atomic E-state index is 3.58. The zero-order valence-electron chi connectivity index (χ0n) is 10.1. The van der Waals surface area contributed by atoms with Crippen LogP contribution < -0.4 is 5.32 Å². The standard InChI is InChI=1S/C13H25N/c1-5-6-9-7-10-8-11(12(9)14-4)13(10,2)3/h9-12,14H,5-8H2,1-4H3. The van der Waals surface area contributed by atoms with E-state index in [0.717, 1.165) is 23.8 Å². The van der Waals surface area contributed by atoms with E-state index in [-0.39, 0.29) is 0 Å². The SMILES string of the molecule is CCCC1CC2CC(C1NC)C2(C)C. The van der Waals surface area contributed by atoms with E-state index in [2.05, 4.69) is 33.1 Å². The third-order valence-corrected chi connectivity index (χ3v) is 5.07. The smallest absolute Gasteiger partial charge is 0.0126 e. The lowest BCUT2D eigenvalue weighted by atomic mass is 9.44. The Morgan fingerprint density at radius 2 is 2.00 bits per heavy atom. The van der Waals surface area contributed by atoms with Crippen molar-refractivity contribution in [3.05, 3.63) is 0 Å². The first-order valence-electron chi connectivity index (χ1n) is 6.28. The van der Waals surface area contributed by atoms with Crippen LogP contribution in [-0.4, -0.2) is 13.1 Å². The van der Waals surface area contributed by atoms with Crippen molar-refractivity contribution in [3.8, 4) is 0 Å². The van der Waals surface area contributed by atoms with Crippen LogP contribution in [0.15, 0.2) is 0 Å². The summed E-state index contributed by atoms with van der Waals surface area (Å²) in [5.74, 6) is 2.93. The van der Waals surface area contributed by atoms with Crippen molar-refractivity contribution in [3.63, 3.8) is 0 Å². The average molecular weight is 195 g/mol. The molecule has 3 rings (SSSR count). The van der Waals surface area contributed by atoms with Gasteiger partial charge in [-0.15, -0.1) is 0 Å². The summed E-state index contributed by atoms with van der Waals surface area (Å²) in [6, 6.07) is 0.801. The molecule has 0 aliphatic heterocycles. The largest absolute Gasteiger partial charge is 0.316 e. The van der Waals surface area contributed by atoms with Gasteiger partial charge in [0.05, 0.1) is 0 Å². The summed E-state index contributed by atoms with van der Waals surface area (Å²) < 4.78 is 0. The first-order chi connectivity index (χ1) is 6.61. The maximum absolute atomic E-state index is 3.58. The van der Waals surface area contributed by atoms with Gasteiger partial charge in [0.15, 0.2) is 0 Å². The van der Waals surface area contributed by atoms with E-state index in [9.17, 15) is 0 Å². The van der Waals surface area contributed by atoms with E-state index in [0.29, 0.717) is 5.41 Å². The van der Waals surface area contributed by atoms with E-state index < -0.39 is 0 Å². The Hall–Kier alpha value is -0.0400. The van der Waals surface area contributed by atoms with Crippen molar-refractivity contribution >= 4 is 0 Å². The summed E-state index contributed by atoms with van der Waals surface area (Å²) in [7, 11) is 2.15.